The number of aryl methyl sites for hydroxylation is 1. The Kier molecular flexibility index (Phi) is 7.04. The minimum absolute atomic E-state index is 0.108. The van der Waals surface area contributed by atoms with Gasteiger partial charge in [0.2, 0.25) is 5.91 Å². The Bertz CT molecular complexity index is 1230. The van der Waals surface area contributed by atoms with Gasteiger partial charge in [0.25, 0.3) is 0 Å². The molecule has 4 aromatic rings. The van der Waals surface area contributed by atoms with E-state index in [1.165, 1.54) is 23.9 Å². The summed E-state index contributed by atoms with van der Waals surface area (Å²) in [5, 5.41) is 15.2. The maximum absolute atomic E-state index is 13.2. The number of para-hydroxylation sites is 2. The molecular weight excluding hydrogens is 437 g/mol. The zero-order valence-corrected chi connectivity index (χ0v) is 19.1. The molecule has 1 aromatic heterocycles. The van der Waals surface area contributed by atoms with E-state index >= 15 is 0 Å². The normalized spacial score (nSPS) is 11.7. The number of amides is 1. The van der Waals surface area contributed by atoms with Crippen molar-refractivity contribution in [1.82, 2.24) is 14.8 Å². The highest BCUT2D eigenvalue weighted by atomic mass is 32.2. The number of halogens is 1. The van der Waals surface area contributed by atoms with Gasteiger partial charge in [-0.3, -0.25) is 9.36 Å². The Morgan fingerprint density at radius 3 is 2.42 bits per heavy atom. The second-order valence-electron chi connectivity index (χ2n) is 7.49. The number of thioether (sulfide) groups is 1. The molecule has 0 bridgehead atoms. The maximum atomic E-state index is 13.2. The van der Waals surface area contributed by atoms with Gasteiger partial charge in [-0.15, -0.1) is 10.2 Å². The lowest BCUT2D eigenvalue weighted by atomic mass is 10.2. The minimum Gasteiger partial charge on any atom is -0.378 e. The van der Waals surface area contributed by atoms with Crippen molar-refractivity contribution in [3.63, 3.8) is 0 Å². The lowest BCUT2D eigenvalue weighted by Gasteiger charge is -2.15. The van der Waals surface area contributed by atoms with Crippen LogP contribution in [0, 0.1) is 12.7 Å². The van der Waals surface area contributed by atoms with Gasteiger partial charge in [0.1, 0.15) is 5.82 Å². The van der Waals surface area contributed by atoms with E-state index in [0.29, 0.717) is 17.5 Å². The quantitative estimate of drug-likeness (QED) is 0.342. The standard InChI is InChI=1S/C25H24FN5OS/c1-17-8-6-7-11-22(17)28-24(32)18(2)33-25-30-29-23(31(25)21-9-4-3-5-10-21)16-27-20-14-12-19(26)13-15-20/h3-15,18,27H,16H2,1-2H3,(H,28,32)/t18-/m1/s1. The van der Waals surface area contributed by atoms with Crippen LogP contribution in [0.5, 0.6) is 0 Å². The van der Waals surface area contributed by atoms with E-state index in [2.05, 4.69) is 20.8 Å². The molecule has 168 valence electrons. The van der Waals surface area contributed by atoms with Crippen LogP contribution >= 0.6 is 11.8 Å². The predicted octanol–water partition coefficient (Wildman–Crippen LogP) is 5.45. The van der Waals surface area contributed by atoms with Crippen LogP contribution in [-0.4, -0.2) is 25.9 Å². The molecule has 2 N–H and O–H groups in total. The highest BCUT2D eigenvalue weighted by Crippen LogP contribution is 2.27. The van der Waals surface area contributed by atoms with Crippen LogP contribution < -0.4 is 10.6 Å². The fourth-order valence-electron chi connectivity index (χ4n) is 3.24. The summed E-state index contributed by atoms with van der Waals surface area (Å²) in [5.74, 6) is 0.284. The van der Waals surface area contributed by atoms with Gasteiger partial charge in [-0.05, 0) is 61.9 Å². The van der Waals surface area contributed by atoms with E-state index in [0.717, 1.165) is 22.6 Å². The van der Waals surface area contributed by atoms with Crippen LogP contribution in [0.15, 0.2) is 84.0 Å². The molecule has 6 nitrogen and oxygen atoms in total. The van der Waals surface area contributed by atoms with E-state index in [9.17, 15) is 9.18 Å². The molecule has 33 heavy (non-hydrogen) atoms. The van der Waals surface area contributed by atoms with Crippen molar-refractivity contribution in [2.45, 2.75) is 30.8 Å². The molecule has 3 aromatic carbocycles. The number of hydrogen-bond donors (Lipinski definition) is 2. The molecule has 0 saturated heterocycles. The molecule has 4 rings (SSSR count). The first-order valence-electron chi connectivity index (χ1n) is 10.5. The SMILES string of the molecule is Cc1ccccc1NC(=O)[C@@H](C)Sc1nnc(CNc2ccc(F)cc2)n1-c1ccccc1. The molecule has 0 aliphatic heterocycles. The Balaban J connectivity index is 1.54. The average Bonchev–Trinajstić information content (AvgIpc) is 3.23. The number of nitrogens with zero attached hydrogens (tertiary/aromatic N) is 3. The van der Waals surface area contributed by atoms with E-state index < -0.39 is 5.25 Å². The topological polar surface area (TPSA) is 71.8 Å². The van der Waals surface area contributed by atoms with Gasteiger partial charge >= 0.3 is 0 Å². The third kappa shape index (κ3) is 5.59. The van der Waals surface area contributed by atoms with Gasteiger partial charge in [-0.2, -0.15) is 0 Å². The van der Waals surface area contributed by atoms with E-state index in [1.54, 1.807) is 12.1 Å². The van der Waals surface area contributed by atoms with Gasteiger partial charge in [0, 0.05) is 17.1 Å². The lowest BCUT2D eigenvalue weighted by Crippen LogP contribution is -2.23. The molecule has 1 amide bonds. The summed E-state index contributed by atoms with van der Waals surface area (Å²) in [6.45, 7) is 4.19. The van der Waals surface area contributed by atoms with Gasteiger partial charge in [-0.25, -0.2) is 4.39 Å². The molecule has 0 unspecified atom stereocenters. The molecule has 0 spiro atoms. The highest BCUT2D eigenvalue weighted by molar-refractivity contribution is 8.00. The lowest BCUT2D eigenvalue weighted by molar-refractivity contribution is -0.115. The van der Waals surface area contributed by atoms with Gasteiger partial charge < -0.3 is 10.6 Å². The van der Waals surface area contributed by atoms with Crippen molar-refractivity contribution in [1.29, 1.82) is 0 Å². The summed E-state index contributed by atoms with van der Waals surface area (Å²) in [6, 6.07) is 23.6. The summed E-state index contributed by atoms with van der Waals surface area (Å²) in [6.07, 6.45) is 0. The Labute approximate surface area is 196 Å². The third-order valence-corrected chi connectivity index (χ3v) is 6.11. The van der Waals surface area contributed by atoms with Crippen LogP contribution in [0.1, 0.15) is 18.3 Å². The zero-order chi connectivity index (χ0) is 23.2. The number of benzene rings is 3. The van der Waals surface area contributed by atoms with Crippen molar-refractivity contribution in [3.8, 4) is 5.69 Å². The number of hydrogen-bond acceptors (Lipinski definition) is 5. The Hall–Kier alpha value is -3.65. The van der Waals surface area contributed by atoms with Crippen molar-refractivity contribution < 1.29 is 9.18 Å². The average molecular weight is 462 g/mol. The number of anilines is 2. The van der Waals surface area contributed by atoms with E-state index in [-0.39, 0.29) is 11.7 Å². The van der Waals surface area contributed by atoms with Gasteiger partial charge in [-0.1, -0.05) is 48.2 Å². The number of rotatable bonds is 8. The number of carbonyl (C=O) groups excluding carboxylic acids is 1. The Morgan fingerprint density at radius 1 is 1.00 bits per heavy atom. The number of nitrogens with one attached hydrogen (secondary N) is 2. The first-order valence-corrected chi connectivity index (χ1v) is 11.4. The largest absolute Gasteiger partial charge is 0.378 e. The molecule has 1 atom stereocenters. The van der Waals surface area contributed by atoms with Crippen molar-refractivity contribution >= 4 is 29.0 Å². The molecule has 0 radical (unpaired) electrons. The summed E-state index contributed by atoms with van der Waals surface area (Å²) >= 11 is 1.34. The second kappa shape index (κ2) is 10.3. The van der Waals surface area contributed by atoms with Crippen LogP contribution in [0.25, 0.3) is 5.69 Å². The Morgan fingerprint density at radius 2 is 1.70 bits per heavy atom. The zero-order valence-electron chi connectivity index (χ0n) is 18.3. The van der Waals surface area contributed by atoms with Crippen molar-refractivity contribution in [3.05, 3.63) is 96.1 Å². The summed E-state index contributed by atoms with van der Waals surface area (Å²) in [4.78, 5) is 12.8. The van der Waals surface area contributed by atoms with E-state index in [4.69, 9.17) is 0 Å². The fraction of sp³-hybridized carbons (Fsp3) is 0.160. The number of aromatic nitrogens is 3. The van der Waals surface area contributed by atoms with Gasteiger partial charge in [0.05, 0.1) is 11.8 Å². The van der Waals surface area contributed by atoms with Crippen LogP contribution in [-0.2, 0) is 11.3 Å². The fourth-order valence-corrected chi connectivity index (χ4v) is 4.12. The summed E-state index contributed by atoms with van der Waals surface area (Å²) < 4.78 is 15.1. The second-order valence-corrected chi connectivity index (χ2v) is 8.80. The van der Waals surface area contributed by atoms with Crippen LogP contribution in [0.4, 0.5) is 15.8 Å². The van der Waals surface area contributed by atoms with Crippen LogP contribution in [0.2, 0.25) is 0 Å². The number of carbonyl (C=O) groups is 1. The molecule has 0 aliphatic carbocycles. The maximum Gasteiger partial charge on any atom is 0.237 e. The molecule has 8 heteroatoms. The predicted molar refractivity (Wildman–Crippen MR) is 130 cm³/mol. The summed E-state index contributed by atoms with van der Waals surface area (Å²) in [7, 11) is 0. The molecular formula is C25H24FN5OS. The smallest absolute Gasteiger partial charge is 0.237 e. The summed E-state index contributed by atoms with van der Waals surface area (Å²) in [5.41, 5.74) is 3.47. The highest BCUT2D eigenvalue weighted by Gasteiger charge is 2.21. The monoisotopic (exact) mass is 461 g/mol. The van der Waals surface area contributed by atoms with Crippen molar-refractivity contribution in [2.75, 3.05) is 10.6 Å². The molecule has 0 fully saturated rings. The third-order valence-electron chi connectivity index (χ3n) is 5.06. The molecule has 0 saturated carbocycles. The minimum atomic E-state index is -0.394. The first-order chi connectivity index (χ1) is 16.0. The molecule has 0 aliphatic rings. The van der Waals surface area contributed by atoms with Crippen LogP contribution in [0.3, 0.4) is 0 Å². The molecule has 1 heterocycles. The van der Waals surface area contributed by atoms with Gasteiger partial charge in [0.15, 0.2) is 11.0 Å². The van der Waals surface area contributed by atoms with Crippen molar-refractivity contribution in [2.24, 2.45) is 0 Å². The van der Waals surface area contributed by atoms with E-state index in [1.807, 2.05) is 73.0 Å². The first kappa shape index (κ1) is 22.5.